The van der Waals surface area contributed by atoms with Gasteiger partial charge in [0.1, 0.15) is 0 Å². The molecule has 130 valence electrons. The Hall–Kier alpha value is -3.14. The molecule has 0 saturated carbocycles. The molecule has 0 atom stereocenters. The third kappa shape index (κ3) is 2.78. The third-order valence-electron chi connectivity index (χ3n) is 4.90. The molecular weight excluding hydrogens is 348 g/mol. The summed E-state index contributed by atoms with van der Waals surface area (Å²) in [6.45, 7) is 0. The Balaban J connectivity index is 1.57. The lowest BCUT2D eigenvalue weighted by molar-refractivity contribution is 1.09. The number of anilines is 2. The summed E-state index contributed by atoms with van der Waals surface area (Å²) >= 11 is 1.86. The average Bonchev–Trinajstić information content (AvgIpc) is 3.13. The molecule has 0 aliphatic carbocycles. The van der Waals surface area contributed by atoms with Crippen LogP contribution in [0.5, 0.6) is 0 Å². The predicted octanol–water partition coefficient (Wildman–Crippen LogP) is 6.73. The van der Waals surface area contributed by atoms with Crippen LogP contribution in [0, 0.1) is 0 Å². The number of hydrazine groups is 1. The maximum absolute atomic E-state index is 6.28. The van der Waals surface area contributed by atoms with Gasteiger partial charge in [-0.15, -0.1) is 11.3 Å². The van der Waals surface area contributed by atoms with Crippen molar-refractivity contribution in [1.29, 1.82) is 0 Å². The second-order valence-corrected chi connectivity index (χ2v) is 7.59. The molecule has 4 aromatic carbocycles. The van der Waals surface area contributed by atoms with Crippen molar-refractivity contribution in [2.75, 3.05) is 5.01 Å². The van der Waals surface area contributed by atoms with Crippen LogP contribution in [-0.4, -0.2) is 0 Å². The van der Waals surface area contributed by atoms with Crippen LogP contribution in [0.2, 0.25) is 0 Å². The first kappa shape index (κ1) is 16.1. The van der Waals surface area contributed by atoms with Gasteiger partial charge in [-0.25, -0.2) is 5.84 Å². The van der Waals surface area contributed by atoms with Crippen molar-refractivity contribution in [3.63, 3.8) is 0 Å². The summed E-state index contributed by atoms with van der Waals surface area (Å²) in [5.74, 6) is 6.28. The van der Waals surface area contributed by atoms with E-state index in [4.69, 9.17) is 5.84 Å². The Morgan fingerprint density at radius 3 is 2.07 bits per heavy atom. The van der Waals surface area contributed by atoms with Gasteiger partial charge in [-0.05, 0) is 41.5 Å². The van der Waals surface area contributed by atoms with Crippen molar-refractivity contribution in [3.8, 4) is 11.1 Å². The van der Waals surface area contributed by atoms with Gasteiger partial charge in [-0.2, -0.15) is 0 Å². The van der Waals surface area contributed by atoms with Gasteiger partial charge >= 0.3 is 0 Å². The van der Waals surface area contributed by atoms with Crippen LogP contribution >= 0.6 is 11.3 Å². The number of hydrogen-bond donors (Lipinski definition) is 1. The van der Waals surface area contributed by atoms with Gasteiger partial charge < -0.3 is 0 Å². The highest BCUT2D eigenvalue weighted by Crippen LogP contribution is 2.40. The number of thiophene rings is 1. The van der Waals surface area contributed by atoms with Crippen molar-refractivity contribution < 1.29 is 0 Å². The minimum absolute atomic E-state index is 0.966. The van der Waals surface area contributed by atoms with Crippen molar-refractivity contribution in [2.45, 2.75) is 0 Å². The topological polar surface area (TPSA) is 29.3 Å². The van der Waals surface area contributed by atoms with Crippen LogP contribution in [0.3, 0.4) is 0 Å². The van der Waals surface area contributed by atoms with Gasteiger partial charge in [-0.1, -0.05) is 66.7 Å². The Kier molecular flexibility index (Phi) is 3.89. The standard InChI is InChI=1S/C24H18N2S/c25-26(18-7-2-1-3-8-18)19-15-13-17(14-16-19)20-10-6-11-22-21-9-4-5-12-23(21)27-24(20)22/h1-16H,25H2. The molecule has 0 fully saturated rings. The molecule has 2 N–H and O–H groups in total. The van der Waals surface area contributed by atoms with Gasteiger partial charge in [0, 0.05) is 20.2 Å². The lowest BCUT2D eigenvalue weighted by atomic mass is 10.0. The van der Waals surface area contributed by atoms with Crippen molar-refractivity contribution in [1.82, 2.24) is 0 Å². The maximum Gasteiger partial charge on any atom is 0.0575 e. The molecule has 5 aromatic rings. The molecule has 0 saturated heterocycles. The number of para-hydroxylation sites is 1. The van der Waals surface area contributed by atoms with E-state index in [1.165, 1.54) is 31.3 Å². The largest absolute Gasteiger partial charge is 0.280 e. The van der Waals surface area contributed by atoms with E-state index in [1.807, 2.05) is 41.7 Å². The SMILES string of the molecule is NN(c1ccccc1)c1ccc(-c2cccc3c2sc2ccccc23)cc1. The zero-order chi connectivity index (χ0) is 18.2. The fourth-order valence-corrected chi connectivity index (χ4v) is 4.75. The summed E-state index contributed by atoms with van der Waals surface area (Å²) in [5.41, 5.74) is 4.41. The number of rotatable bonds is 3. The monoisotopic (exact) mass is 366 g/mol. The Morgan fingerprint density at radius 1 is 0.593 bits per heavy atom. The molecule has 0 unspecified atom stereocenters. The second-order valence-electron chi connectivity index (χ2n) is 6.53. The molecule has 0 spiro atoms. The van der Waals surface area contributed by atoms with Gasteiger partial charge in [0.2, 0.25) is 0 Å². The normalized spacial score (nSPS) is 11.1. The minimum atomic E-state index is 0.966. The van der Waals surface area contributed by atoms with Crippen LogP contribution in [0.25, 0.3) is 31.3 Å². The highest BCUT2D eigenvalue weighted by atomic mass is 32.1. The molecular formula is C24H18N2S. The fourth-order valence-electron chi connectivity index (χ4n) is 3.51. The smallest absolute Gasteiger partial charge is 0.0575 e. The van der Waals surface area contributed by atoms with Crippen molar-refractivity contribution in [2.24, 2.45) is 5.84 Å². The number of nitrogens with zero attached hydrogens (tertiary/aromatic N) is 1. The molecule has 0 aliphatic rings. The van der Waals surface area contributed by atoms with Crippen LogP contribution in [0.1, 0.15) is 0 Å². The van der Waals surface area contributed by atoms with Crippen molar-refractivity contribution in [3.05, 3.63) is 97.1 Å². The average molecular weight is 366 g/mol. The van der Waals surface area contributed by atoms with Crippen LogP contribution in [0.15, 0.2) is 97.1 Å². The number of hydrogen-bond acceptors (Lipinski definition) is 3. The van der Waals surface area contributed by atoms with E-state index >= 15 is 0 Å². The molecule has 0 radical (unpaired) electrons. The summed E-state index contributed by atoms with van der Waals surface area (Å²) < 4.78 is 2.66. The number of fused-ring (bicyclic) bond motifs is 3. The first-order chi connectivity index (χ1) is 13.3. The molecule has 1 aromatic heterocycles. The summed E-state index contributed by atoms with van der Waals surface area (Å²) in [7, 11) is 0. The second kappa shape index (κ2) is 6.54. The van der Waals surface area contributed by atoms with Crippen LogP contribution in [-0.2, 0) is 0 Å². The highest BCUT2D eigenvalue weighted by molar-refractivity contribution is 7.26. The lowest BCUT2D eigenvalue weighted by Crippen LogP contribution is -2.24. The third-order valence-corrected chi connectivity index (χ3v) is 6.11. The van der Waals surface area contributed by atoms with Crippen LogP contribution < -0.4 is 10.9 Å². The molecule has 0 aliphatic heterocycles. The van der Waals surface area contributed by atoms with E-state index in [1.54, 1.807) is 5.01 Å². The van der Waals surface area contributed by atoms with Gasteiger partial charge in [0.25, 0.3) is 0 Å². The first-order valence-electron chi connectivity index (χ1n) is 8.92. The summed E-state index contributed by atoms with van der Waals surface area (Å²) in [5, 5.41) is 4.36. The molecule has 5 rings (SSSR count). The molecule has 3 heteroatoms. The first-order valence-corrected chi connectivity index (χ1v) is 9.73. The lowest BCUT2D eigenvalue weighted by Gasteiger charge is -2.19. The quantitative estimate of drug-likeness (QED) is 0.283. The van der Waals surface area contributed by atoms with E-state index < -0.39 is 0 Å². The fraction of sp³-hybridized carbons (Fsp3) is 0. The predicted molar refractivity (Wildman–Crippen MR) is 118 cm³/mol. The number of nitrogens with two attached hydrogens (primary N) is 1. The van der Waals surface area contributed by atoms with Gasteiger partial charge in [0.05, 0.1) is 11.4 Å². The summed E-state index contributed by atoms with van der Waals surface area (Å²) in [4.78, 5) is 0. The maximum atomic E-state index is 6.28. The van der Waals surface area contributed by atoms with E-state index in [0.717, 1.165) is 11.4 Å². The highest BCUT2D eigenvalue weighted by Gasteiger charge is 2.10. The minimum Gasteiger partial charge on any atom is -0.280 e. The van der Waals surface area contributed by atoms with E-state index in [9.17, 15) is 0 Å². The Labute approximate surface area is 162 Å². The van der Waals surface area contributed by atoms with Gasteiger partial charge in [-0.3, -0.25) is 5.01 Å². The molecule has 2 nitrogen and oxygen atoms in total. The Morgan fingerprint density at radius 2 is 1.26 bits per heavy atom. The van der Waals surface area contributed by atoms with E-state index in [-0.39, 0.29) is 0 Å². The van der Waals surface area contributed by atoms with Crippen LogP contribution in [0.4, 0.5) is 11.4 Å². The number of benzene rings is 4. The molecule has 0 bridgehead atoms. The molecule has 27 heavy (non-hydrogen) atoms. The zero-order valence-electron chi connectivity index (χ0n) is 14.7. The Bertz CT molecular complexity index is 1220. The van der Waals surface area contributed by atoms with E-state index in [0.29, 0.717) is 0 Å². The van der Waals surface area contributed by atoms with E-state index in [2.05, 4.69) is 66.7 Å². The summed E-state index contributed by atoms with van der Waals surface area (Å²) in [6.07, 6.45) is 0. The van der Waals surface area contributed by atoms with Crippen molar-refractivity contribution >= 4 is 42.9 Å². The van der Waals surface area contributed by atoms with Gasteiger partial charge in [0.15, 0.2) is 0 Å². The molecule has 1 heterocycles. The molecule has 0 amide bonds. The zero-order valence-corrected chi connectivity index (χ0v) is 15.5. The summed E-state index contributed by atoms with van der Waals surface area (Å²) in [6, 6.07) is 33.6.